The molecule has 0 aromatic carbocycles. The van der Waals surface area contributed by atoms with Crippen molar-refractivity contribution >= 4 is 0 Å². The van der Waals surface area contributed by atoms with Crippen molar-refractivity contribution in [2.24, 2.45) is 5.92 Å². The van der Waals surface area contributed by atoms with E-state index < -0.39 is 0 Å². The molecule has 0 radical (unpaired) electrons. The normalized spacial score (nSPS) is 32.6. The Kier molecular flexibility index (Phi) is 5.77. The third-order valence-electron chi connectivity index (χ3n) is 6.33. The molecule has 22 heavy (non-hydrogen) atoms. The summed E-state index contributed by atoms with van der Waals surface area (Å²) in [5.41, 5.74) is 0. The van der Waals surface area contributed by atoms with Gasteiger partial charge in [-0.15, -0.1) is 0 Å². The molecule has 0 saturated carbocycles. The van der Waals surface area contributed by atoms with Crippen LogP contribution in [0.4, 0.5) is 0 Å². The number of piperazine rings is 1. The molecule has 3 aliphatic heterocycles. The van der Waals surface area contributed by atoms with Gasteiger partial charge in [0.25, 0.3) is 0 Å². The lowest BCUT2D eigenvalue weighted by Gasteiger charge is -2.46. The van der Waals surface area contributed by atoms with E-state index in [1.807, 2.05) is 0 Å². The molecule has 128 valence electrons. The van der Waals surface area contributed by atoms with Crippen LogP contribution in [0.2, 0.25) is 0 Å². The summed E-state index contributed by atoms with van der Waals surface area (Å²) in [6, 6.07) is 1.59. The Hall–Kier alpha value is -0.160. The molecule has 0 aromatic rings. The number of rotatable bonds is 3. The van der Waals surface area contributed by atoms with E-state index in [0.717, 1.165) is 18.0 Å². The Labute approximate surface area is 137 Å². The molecule has 1 unspecified atom stereocenters. The van der Waals surface area contributed by atoms with Crippen LogP contribution in [0.5, 0.6) is 0 Å². The maximum absolute atomic E-state index is 2.79. The molecule has 3 fully saturated rings. The van der Waals surface area contributed by atoms with Gasteiger partial charge in [0, 0.05) is 38.3 Å². The highest BCUT2D eigenvalue weighted by molar-refractivity contribution is 4.87. The van der Waals surface area contributed by atoms with Crippen LogP contribution >= 0.6 is 0 Å². The Bertz CT molecular complexity index is 332. The van der Waals surface area contributed by atoms with Gasteiger partial charge in [0.05, 0.1) is 0 Å². The average molecular weight is 309 g/mol. The Balaban J connectivity index is 1.44. The lowest BCUT2D eigenvalue weighted by atomic mass is 9.95. The van der Waals surface area contributed by atoms with Gasteiger partial charge in [-0.05, 0) is 78.8 Å². The zero-order valence-corrected chi connectivity index (χ0v) is 15.0. The van der Waals surface area contributed by atoms with Gasteiger partial charge in [-0.3, -0.25) is 9.80 Å². The first-order valence-electron chi connectivity index (χ1n) is 9.47. The number of likely N-dealkylation sites (tertiary alicyclic amines) is 2. The van der Waals surface area contributed by atoms with Crippen molar-refractivity contribution < 1.29 is 0 Å². The minimum Gasteiger partial charge on any atom is -0.306 e. The first-order chi connectivity index (χ1) is 10.6. The van der Waals surface area contributed by atoms with Gasteiger partial charge >= 0.3 is 0 Å². The van der Waals surface area contributed by atoms with Crippen molar-refractivity contribution in [2.45, 2.75) is 44.7 Å². The summed E-state index contributed by atoms with van der Waals surface area (Å²) in [6.45, 7) is 12.9. The monoisotopic (exact) mass is 308 g/mol. The van der Waals surface area contributed by atoms with Crippen LogP contribution in [0.15, 0.2) is 0 Å². The molecule has 0 N–H and O–H groups in total. The molecule has 3 heterocycles. The molecule has 0 spiro atoms. The van der Waals surface area contributed by atoms with E-state index in [-0.39, 0.29) is 0 Å². The molecule has 0 aliphatic carbocycles. The van der Waals surface area contributed by atoms with Gasteiger partial charge in [0.1, 0.15) is 0 Å². The van der Waals surface area contributed by atoms with Crippen molar-refractivity contribution in [3.63, 3.8) is 0 Å². The standard InChI is InChI=1S/C18H36N4/c1-16-14-22(18-6-10-20(3)11-7-18)13-12-21(16)15-17-4-8-19(2)9-5-17/h16-18H,4-15H2,1-3H3. The second-order valence-corrected chi connectivity index (χ2v) is 8.12. The number of piperidine rings is 2. The summed E-state index contributed by atoms with van der Waals surface area (Å²) in [4.78, 5) is 10.5. The third-order valence-corrected chi connectivity index (χ3v) is 6.33. The third kappa shape index (κ3) is 4.22. The lowest BCUT2D eigenvalue weighted by Crippen LogP contribution is -2.57. The average Bonchev–Trinajstić information content (AvgIpc) is 2.52. The second kappa shape index (κ2) is 7.61. The lowest BCUT2D eigenvalue weighted by molar-refractivity contribution is 0.0219. The molecule has 4 nitrogen and oxygen atoms in total. The second-order valence-electron chi connectivity index (χ2n) is 8.12. The van der Waals surface area contributed by atoms with E-state index in [4.69, 9.17) is 0 Å². The van der Waals surface area contributed by atoms with Crippen molar-refractivity contribution in [1.82, 2.24) is 19.6 Å². The highest BCUT2D eigenvalue weighted by Gasteiger charge is 2.31. The fraction of sp³-hybridized carbons (Fsp3) is 1.00. The minimum absolute atomic E-state index is 0.744. The fourth-order valence-electron chi connectivity index (χ4n) is 4.56. The Morgan fingerprint density at radius 1 is 0.773 bits per heavy atom. The summed E-state index contributed by atoms with van der Waals surface area (Å²) in [7, 11) is 4.53. The van der Waals surface area contributed by atoms with Crippen molar-refractivity contribution in [3.05, 3.63) is 0 Å². The minimum atomic E-state index is 0.744. The summed E-state index contributed by atoms with van der Waals surface area (Å²) in [6.07, 6.45) is 5.55. The molecule has 0 amide bonds. The maximum Gasteiger partial charge on any atom is 0.0195 e. The topological polar surface area (TPSA) is 13.0 Å². The number of hydrogen-bond donors (Lipinski definition) is 0. The molecular formula is C18H36N4. The van der Waals surface area contributed by atoms with Crippen molar-refractivity contribution in [2.75, 3.05) is 66.5 Å². The van der Waals surface area contributed by atoms with Gasteiger partial charge in [0.2, 0.25) is 0 Å². The first-order valence-corrected chi connectivity index (χ1v) is 9.47. The Morgan fingerprint density at radius 2 is 1.36 bits per heavy atom. The molecule has 3 aliphatic rings. The molecule has 3 rings (SSSR count). The summed E-state index contributed by atoms with van der Waals surface area (Å²) in [5, 5.41) is 0. The SMILES string of the molecule is CC1CN(C2CCN(C)CC2)CCN1CC1CCN(C)CC1. The molecule has 0 aromatic heterocycles. The van der Waals surface area contributed by atoms with E-state index in [1.165, 1.54) is 78.0 Å². The zero-order chi connectivity index (χ0) is 15.5. The van der Waals surface area contributed by atoms with Crippen LogP contribution < -0.4 is 0 Å². The Morgan fingerprint density at radius 3 is 1.95 bits per heavy atom. The van der Waals surface area contributed by atoms with E-state index in [2.05, 4.69) is 40.6 Å². The van der Waals surface area contributed by atoms with Crippen LogP contribution in [0.25, 0.3) is 0 Å². The molecule has 3 saturated heterocycles. The van der Waals surface area contributed by atoms with Gasteiger partial charge in [-0.1, -0.05) is 0 Å². The van der Waals surface area contributed by atoms with Crippen LogP contribution in [0.1, 0.15) is 32.6 Å². The van der Waals surface area contributed by atoms with Crippen LogP contribution in [0.3, 0.4) is 0 Å². The van der Waals surface area contributed by atoms with E-state index in [0.29, 0.717) is 0 Å². The van der Waals surface area contributed by atoms with Gasteiger partial charge < -0.3 is 9.80 Å². The predicted molar refractivity (Wildman–Crippen MR) is 93.3 cm³/mol. The van der Waals surface area contributed by atoms with E-state index >= 15 is 0 Å². The summed E-state index contributed by atoms with van der Waals surface area (Å²) in [5.74, 6) is 0.938. The van der Waals surface area contributed by atoms with Crippen LogP contribution in [0, 0.1) is 5.92 Å². The van der Waals surface area contributed by atoms with Crippen molar-refractivity contribution in [1.29, 1.82) is 0 Å². The van der Waals surface area contributed by atoms with Crippen molar-refractivity contribution in [3.8, 4) is 0 Å². The van der Waals surface area contributed by atoms with E-state index in [9.17, 15) is 0 Å². The molecule has 1 atom stereocenters. The van der Waals surface area contributed by atoms with Gasteiger partial charge in [-0.25, -0.2) is 0 Å². The van der Waals surface area contributed by atoms with Gasteiger partial charge in [0.15, 0.2) is 0 Å². The highest BCUT2D eigenvalue weighted by atomic mass is 15.3. The number of nitrogens with zero attached hydrogens (tertiary/aromatic N) is 4. The smallest absolute Gasteiger partial charge is 0.0195 e. The summed E-state index contributed by atoms with van der Waals surface area (Å²) < 4.78 is 0. The number of hydrogen-bond acceptors (Lipinski definition) is 4. The molecule has 4 heteroatoms. The molecule has 0 bridgehead atoms. The quantitative estimate of drug-likeness (QED) is 0.782. The van der Waals surface area contributed by atoms with Gasteiger partial charge in [-0.2, -0.15) is 0 Å². The zero-order valence-electron chi connectivity index (χ0n) is 15.0. The van der Waals surface area contributed by atoms with Crippen LogP contribution in [-0.2, 0) is 0 Å². The maximum atomic E-state index is 2.79. The largest absolute Gasteiger partial charge is 0.306 e. The fourth-order valence-corrected chi connectivity index (χ4v) is 4.56. The molecular weight excluding hydrogens is 272 g/mol. The first kappa shape index (κ1) is 16.7. The van der Waals surface area contributed by atoms with E-state index in [1.54, 1.807) is 0 Å². The van der Waals surface area contributed by atoms with Crippen LogP contribution in [-0.4, -0.2) is 98.1 Å². The highest BCUT2D eigenvalue weighted by Crippen LogP contribution is 2.23. The summed E-state index contributed by atoms with van der Waals surface area (Å²) >= 11 is 0. The predicted octanol–water partition coefficient (Wildman–Crippen LogP) is 1.43.